The normalized spacial score (nSPS) is 21.7. The fraction of sp³-hybridized carbons (Fsp3) is 0.600. The molecule has 1 saturated heterocycles. The molecule has 7 heteroatoms. The zero-order valence-corrected chi connectivity index (χ0v) is 12.8. The van der Waals surface area contributed by atoms with Gasteiger partial charge in [-0.2, -0.15) is 0 Å². The Morgan fingerprint density at radius 1 is 1.14 bits per heavy atom. The molecule has 22 heavy (non-hydrogen) atoms. The number of aliphatic hydroxyl groups excluding tert-OH is 1. The van der Waals surface area contributed by atoms with Gasteiger partial charge in [0, 0.05) is 6.07 Å². The van der Waals surface area contributed by atoms with E-state index in [-0.39, 0.29) is 17.2 Å². The number of quaternary nitrogens is 2. The lowest BCUT2D eigenvalue weighted by Gasteiger charge is -2.29. The van der Waals surface area contributed by atoms with Crippen LogP contribution in [0.15, 0.2) is 24.3 Å². The van der Waals surface area contributed by atoms with E-state index in [9.17, 15) is 10.1 Å². The van der Waals surface area contributed by atoms with E-state index in [1.54, 1.807) is 12.1 Å². The van der Waals surface area contributed by atoms with Crippen molar-refractivity contribution in [2.45, 2.75) is 6.54 Å². The highest BCUT2D eigenvalue weighted by Gasteiger charge is 2.25. The van der Waals surface area contributed by atoms with Crippen LogP contribution in [0.5, 0.6) is 0 Å². The number of nitrogens with one attached hydrogen (secondary N) is 2. The molecule has 1 fully saturated rings. The van der Waals surface area contributed by atoms with Crippen molar-refractivity contribution >= 4 is 5.69 Å². The quantitative estimate of drug-likeness (QED) is 0.291. The molecule has 0 radical (unpaired) electrons. The molecule has 1 heterocycles. The van der Waals surface area contributed by atoms with E-state index in [2.05, 4.69) is 0 Å². The highest BCUT2D eigenvalue weighted by molar-refractivity contribution is 5.39. The van der Waals surface area contributed by atoms with Gasteiger partial charge in [0.1, 0.15) is 39.3 Å². The van der Waals surface area contributed by atoms with Crippen LogP contribution in [0.3, 0.4) is 0 Å². The van der Waals surface area contributed by atoms with Crippen molar-refractivity contribution in [1.82, 2.24) is 0 Å². The van der Waals surface area contributed by atoms with E-state index in [1.807, 2.05) is 12.1 Å². The van der Waals surface area contributed by atoms with Crippen LogP contribution in [0.25, 0.3) is 0 Å². The summed E-state index contributed by atoms with van der Waals surface area (Å²) >= 11 is 0. The monoisotopic (exact) mass is 311 g/mol. The molecule has 2 rings (SSSR count). The minimum Gasteiger partial charge on any atom is -0.394 e. The summed E-state index contributed by atoms with van der Waals surface area (Å²) in [5, 5.41) is 19.7. The number of hydrogen-bond acceptors (Lipinski definition) is 4. The smallest absolute Gasteiger partial charge is 0.278 e. The van der Waals surface area contributed by atoms with Gasteiger partial charge >= 0.3 is 0 Å². The predicted octanol–water partition coefficient (Wildman–Crippen LogP) is -2.11. The van der Waals surface area contributed by atoms with Gasteiger partial charge in [-0.05, 0) is 6.07 Å². The first-order valence-electron chi connectivity index (χ1n) is 7.78. The first kappa shape index (κ1) is 16.8. The van der Waals surface area contributed by atoms with Crippen molar-refractivity contribution in [3.63, 3.8) is 0 Å². The van der Waals surface area contributed by atoms with E-state index in [0.29, 0.717) is 19.8 Å². The first-order chi connectivity index (χ1) is 10.7. The molecule has 1 aliphatic rings. The summed E-state index contributed by atoms with van der Waals surface area (Å²) in [7, 11) is 0. The number of hydrogen-bond donors (Lipinski definition) is 3. The lowest BCUT2D eigenvalue weighted by atomic mass is 10.1. The van der Waals surface area contributed by atoms with Gasteiger partial charge in [-0.3, -0.25) is 10.1 Å². The number of benzene rings is 1. The Balaban J connectivity index is 1.77. The Morgan fingerprint density at radius 2 is 1.82 bits per heavy atom. The number of nitro groups is 1. The zero-order chi connectivity index (χ0) is 15.8. The molecule has 1 aromatic rings. The van der Waals surface area contributed by atoms with E-state index >= 15 is 0 Å². The molecule has 122 valence electrons. The number of piperazine rings is 1. The topological polar surface area (TPSA) is 81.5 Å². The maximum atomic E-state index is 11.0. The molecule has 0 atom stereocenters. The van der Waals surface area contributed by atoms with Crippen LogP contribution < -0.4 is 9.80 Å². The van der Waals surface area contributed by atoms with Crippen LogP contribution in [-0.2, 0) is 11.3 Å². The van der Waals surface area contributed by atoms with E-state index in [0.717, 1.165) is 38.3 Å². The fourth-order valence-electron chi connectivity index (χ4n) is 2.87. The number of aliphatic hydroxyl groups is 1. The highest BCUT2D eigenvalue weighted by atomic mass is 16.6. The second-order valence-corrected chi connectivity index (χ2v) is 5.65. The van der Waals surface area contributed by atoms with Gasteiger partial charge in [0.2, 0.25) is 0 Å². The van der Waals surface area contributed by atoms with Crippen molar-refractivity contribution in [2.24, 2.45) is 0 Å². The minimum absolute atomic E-state index is 0.0725. The standard InChI is InChI=1S/C15H23N3O4/c19-10-12-22-11-9-16-5-7-17(8-6-16)13-14-3-1-2-4-15(14)18(20)21/h1-4,19H,5-13H2/p+2. The van der Waals surface area contributed by atoms with Crippen molar-refractivity contribution in [3.05, 3.63) is 39.9 Å². The third-order valence-corrected chi connectivity index (χ3v) is 4.13. The van der Waals surface area contributed by atoms with Crippen molar-refractivity contribution in [3.8, 4) is 0 Å². The third-order valence-electron chi connectivity index (χ3n) is 4.13. The Kier molecular flexibility index (Phi) is 6.73. The van der Waals surface area contributed by atoms with Gasteiger partial charge in [0.25, 0.3) is 5.69 Å². The van der Waals surface area contributed by atoms with Gasteiger partial charge in [0.15, 0.2) is 0 Å². The molecule has 0 spiro atoms. The van der Waals surface area contributed by atoms with E-state index < -0.39 is 0 Å². The van der Waals surface area contributed by atoms with Gasteiger partial charge < -0.3 is 19.6 Å². The van der Waals surface area contributed by atoms with Crippen LogP contribution >= 0.6 is 0 Å². The maximum Gasteiger partial charge on any atom is 0.278 e. The molecule has 0 unspecified atom stereocenters. The molecular weight excluding hydrogens is 286 g/mol. The Bertz CT molecular complexity index is 476. The molecule has 1 aromatic carbocycles. The Labute approximate surface area is 130 Å². The fourth-order valence-corrected chi connectivity index (χ4v) is 2.87. The van der Waals surface area contributed by atoms with Gasteiger partial charge in [-0.1, -0.05) is 12.1 Å². The van der Waals surface area contributed by atoms with Crippen molar-refractivity contribution < 1.29 is 24.6 Å². The Morgan fingerprint density at radius 3 is 2.50 bits per heavy atom. The number of para-hydroxylation sites is 1. The molecule has 1 aliphatic heterocycles. The summed E-state index contributed by atoms with van der Waals surface area (Å²) in [5.74, 6) is 0. The first-order valence-corrected chi connectivity index (χ1v) is 7.78. The van der Waals surface area contributed by atoms with Gasteiger partial charge in [-0.25, -0.2) is 0 Å². The average molecular weight is 311 g/mol. The van der Waals surface area contributed by atoms with Crippen LogP contribution in [0.2, 0.25) is 0 Å². The molecule has 0 aliphatic carbocycles. The summed E-state index contributed by atoms with van der Waals surface area (Å²) in [6.07, 6.45) is 0. The van der Waals surface area contributed by atoms with Crippen LogP contribution in [0.1, 0.15) is 5.56 Å². The van der Waals surface area contributed by atoms with Crippen LogP contribution in [0, 0.1) is 10.1 Å². The van der Waals surface area contributed by atoms with Gasteiger partial charge in [0.05, 0.1) is 30.3 Å². The number of nitro benzene ring substituents is 1. The molecule has 7 nitrogen and oxygen atoms in total. The summed E-state index contributed by atoms with van der Waals surface area (Å²) in [4.78, 5) is 13.7. The molecular formula is C15H25N3O4+2. The third kappa shape index (κ3) is 5.03. The van der Waals surface area contributed by atoms with Gasteiger partial charge in [-0.15, -0.1) is 0 Å². The van der Waals surface area contributed by atoms with Crippen LogP contribution in [-0.4, -0.2) is 62.6 Å². The Hall–Kier alpha value is -1.54. The van der Waals surface area contributed by atoms with E-state index in [1.165, 1.54) is 9.80 Å². The zero-order valence-electron chi connectivity index (χ0n) is 12.8. The summed E-state index contributed by atoms with van der Waals surface area (Å²) in [6, 6.07) is 7.01. The lowest BCUT2D eigenvalue weighted by Crippen LogP contribution is -3.27. The van der Waals surface area contributed by atoms with Crippen LogP contribution in [0.4, 0.5) is 5.69 Å². The lowest BCUT2D eigenvalue weighted by molar-refractivity contribution is -1.02. The predicted molar refractivity (Wildman–Crippen MR) is 81.0 cm³/mol. The maximum absolute atomic E-state index is 11.0. The van der Waals surface area contributed by atoms with Crippen molar-refractivity contribution in [1.29, 1.82) is 0 Å². The SMILES string of the molecule is O=[N+]([O-])c1ccccc1C[NH+]1CC[NH+](CCOCCO)CC1. The highest BCUT2D eigenvalue weighted by Crippen LogP contribution is 2.16. The molecule has 0 saturated carbocycles. The van der Waals surface area contributed by atoms with E-state index in [4.69, 9.17) is 9.84 Å². The number of ether oxygens (including phenoxy) is 1. The second kappa shape index (κ2) is 8.79. The number of rotatable bonds is 8. The summed E-state index contributed by atoms with van der Waals surface area (Å²) in [5.41, 5.74) is 1.04. The molecule has 3 N–H and O–H groups in total. The summed E-state index contributed by atoms with van der Waals surface area (Å²) in [6.45, 7) is 6.96. The molecule has 0 aromatic heterocycles. The average Bonchev–Trinajstić information content (AvgIpc) is 2.53. The number of nitrogens with zero attached hydrogens (tertiary/aromatic N) is 1. The summed E-state index contributed by atoms with van der Waals surface area (Å²) < 4.78 is 5.30. The molecule has 0 bridgehead atoms. The minimum atomic E-state index is -0.297. The van der Waals surface area contributed by atoms with Crippen molar-refractivity contribution in [2.75, 3.05) is 52.5 Å². The largest absolute Gasteiger partial charge is 0.394 e. The molecule has 0 amide bonds. The second-order valence-electron chi connectivity index (χ2n) is 5.65.